The van der Waals surface area contributed by atoms with Crippen molar-refractivity contribution in [1.29, 1.82) is 0 Å². The average Bonchev–Trinajstić information content (AvgIpc) is 3.01. The first kappa shape index (κ1) is 9.72. The highest BCUT2D eigenvalue weighted by molar-refractivity contribution is 5.41. The maximum Gasteiger partial charge on any atom is 0.0534 e. The Morgan fingerprint density at radius 2 is 2.14 bits per heavy atom. The van der Waals surface area contributed by atoms with Gasteiger partial charge >= 0.3 is 0 Å². The van der Waals surface area contributed by atoms with Crippen molar-refractivity contribution in [2.75, 3.05) is 6.61 Å². The Kier molecular flexibility index (Phi) is 2.60. The average molecular weight is 189 g/mol. The minimum absolute atomic E-state index is 0.160. The Labute approximate surface area is 85.8 Å². The van der Waals surface area contributed by atoms with Gasteiger partial charge in [0.2, 0.25) is 0 Å². The second-order valence-corrected chi connectivity index (χ2v) is 4.28. The lowest BCUT2D eigenvalue weighted by atomic mass is 9.95. The molecule has 1 aliphatic carbocycles. The molecule has 75 valence electrons. The molecule has 1 fully saturated rings. The Hall–Kier alpha value is -0.820. The number of hydrogen-bond acceptors (Lipinski definition) is 1. The lowest BCUT2D eigenvalue weighted by molar-refractivity contribution is 0.315. The third kappa shape index (κ3) is 1.83. The monoisotopic (exact) mass is 189 g/mol. The molecule has 1 aromatic carbocycles. The molecule has 2 rings (SSSR count). The summed E-state index contributed by atoms with van der Waals surface area (Å²) in [6.07, 6.45) is 2.67. The van der Waals surface area contributed by atoms with Crippen LogP contribution >= 0.6 is 0 Å². The minimum Gasteiger partial charge on any atom is -0.395 e. The third-order valence-corrected chi connectivity index (χ3v) is 3.03. The Morgan fingerprint density at radius 3 is 2.71 bits per heavy atom. The fourth-order valence-corrected chi connectivity index (χ4v) is 1.83. The molecule has 0 saturated heterocycles. The molecule has 14 heavy (non-hydrogen) atoms. The van der Waals surface area contributed by atoms with Gasteiger partial charge in [-0.3, -0.25) is 0 Å². The van der Waals surface area contributed by atoms with E-state index in [4.69, 9.17) is 5.11 Å². The molecule has 1 saturated carbocycles. The molecular formula is C13H17O. The van der Waals surface area contributed by atoms with Gasteiger partial charge in [0, 0.05) is 5.92 Å². The van der Waals surface area contributed by atoms with Gasteiger partial charge in [-0.15, -0.1) is 0 Å². The van der Waals surface area contributed by atoms with E-state index in [9.17, 15) is 0 Å². The first-order chi connectivity index (χ1) is 6.72. The van der Waals surface area contributed by atoms with Crippen LogP contribution in [0.2, 0.25) is 0 Å². The predicted molar refractivity (Wildman–Crippen MR) is 58.3 cm³/mol. The zero-order valence-electron chi connectivity index (χ0n) is 8.88. The highest BCUT2D eigenvalue weighted by Gasteiger charge is 2.25. The molecule has 1 N–H and O–H groups in total. The van der Waals surface area contributed by atoms with Crippen LogP contribution in [0.4, 0.5) is 0 Å². The number of aryl methyl sites for hydroxylation is 1. The highest BCUT2D eigenvalue weighted by atomic mass is 16.3. The molecule has 1 aliphatic rings. The standard InChI is InChI=1S/C13H17O/c1-9-3-4-12(10(2)8-14)7-13(9)11-5-6-11/h3-4,7,11,14H,5-6,8H2,1-2H3. The van der Waals surface area contributed by atoms with Gasteiger partial charge in [0.05, 0.1) is 6.61 Å². The molecule has 1 radical (unpaired) electrons. The number of hydrogen-bond donors (Lipinski definition) is 1. The minimum atomic E-state index is 0.160. The van der Waals surface area contributed by atoms with Crippen molar-refractivity contribution in [1.82, 2.24) is 0 Å². The Balaban J connectivity index is 2.30. The molecule has 0 atom stereocenters. The third-order valence-electron chi connectivity index (χ3n) is 3.03. The van der Waals surface area contributed by atoms with Crippen LogP contribution in [-0.4, -0.2) is 11.7 Å². The zero-order chi connectivity index (χ0) is 10.1. The molecule has 0 bridgehead atoms. The van der Waals surface area contributed by atoms with E-state index in [1.54, 1.807) is 0 Å². The summed E-state index contributed by atoms with van der Waals surface area (Å²) in [5.41, 5.74) is 4.07. The van der Waals surface area contributed by atoms with Gasteiger partial charge in [0.15, 0.2) is 0 Å². The molecule has 0 amide bonds. The van der Waals surface area contributed by atoms with Crippen LogP contribution < -0.4 is 0 Å². The molecule has 0 aliphatic heterocycles. The summed E-state index contributed by atoms with van der Waals surface area (Å²) in [5, 5.41) is 9.07. The maximum atomic E-state index is 9.07. The van der Waals surface area contributed by atoms with Crippen molar-refractivity contribution >= 4 is 0 Å². The van der Waals surface area contributed by atoms with Crippen molar-refractivity contribution in [3.63, 3.8) is 0 Å². The van der Waals surface area contributed by atoms with E-state index in [2.05, 4.69) is 25.1 Å². The molecule has 1 heteroatoms. The highest BCUT2D eigenvalue weighted by Crippen LogP contribution is 2.42. The fraction of sp³-hybridized carbons (Fsp3) is 0.462. The van der Waals surface area contributed by atoms with Crippen molar-refractivity contribution < 1.29 is 5.11 Å². The molecule has 0 aromatic heterocycles. The van der Waals surface area contributed by atoms with Gasteiger partial charge in [-0.05, 0) is 42.4 Å². The largest absolute Gasteiger partial charge is 0.395 e. The molecule has 0 heterocycles. The first-order valence-corrected chi connectivity index (χ1v) is 5.26. The second-order valence-electron chi connectivity index (χ2n) is 4.28. The number of aliphatic hydroxyl groups excluding tert-OH is 1. The fourth-order valence-electron chi connectivity index (χ4n) is 1.83. The molecular weight excluding hydrogens is 172 g/mol. The zero-order valence-corrected chi connectivity index (χ0v) is 8.88. The van der Waals surface area contributed by atoms with Crippen molar-refractivity contribution in [3.05, 3.63) is 40.8 Å². The van der Waals surface area contributed by atoms with Crippen LogP contribution in [0.25, 0.3) is 0 Å². The van der Waals surface area contributed by atoms with Crippen LogP contribution in [0.5, 0.6) is 0 Å². The lowest BCUT2D eigenvalue weighted by Gasteiger charge is -2.11. The Morgan fingerprint density at radius 1 is 1.43 bits per heavy atom. The van der Waals surface area contributed by atoms with E-state index in [1.165, 1.54) is 29.5 Å². The van der Waals surface area contributed by atoms with E-state index < -0.39 is 0 Å². The van der Waals surface area contributed by atoms with Crippen molar-refractivity contribution in [2.24, 2.45) is 0 Å². The summed E-state index contributed by atoms with van der Waals surface area (Å²) in [7, 11) is 0. The second kappa shape index (κ2) is 3.74. The van der Waals surface area contributed by atoms with Gasteiger partial charge in [-0.1, -0.05) is 25.1 Å². The summed E-state index contributed by atoms with van der Waals surface area (Å²) in [5.74, 6) is 1.85. The number of aliphatic hydroxyl groups is 1. The van der Waals surface area contributed by atoms with E-state index in [0.717, 1.165) is 11.8 Å². The summed E-state index contributed by atoms with van der Waals surface area (Å²) in [6.45, 7) is 4.32. The van der Waals surface area contributed by atoms with Crippen molar-refractivity contribution in [2.45, 2.75) is 32.6 Å². The van der Waals surface area contributed by atoms with Gasteiger partial charge < -0.3 is 5.11 Å². The molecule has 1 aromatic rings. The predicted octanol–water partition coefficient (Wildman–Crippen LogP) is 2.81. The van der Waals surface area contributed by atoms with Gasteiger partial charge in [-0.25, -0.2) is 0 Å². The number of rotatable bonds is 3. The summed E-state index contributed by atoms with van der Waals surface area (Å²) >= 11 is 0. The van der Waals surface area contributed by atoms with Crippen LogP contribution in [0.15, 0.2) is 18.2 Å². The van der Waals surface area contributed by atoms with Crippen LogP contribution in [0, 0.1) is 12.8 Å². The molecule has 0 spiro atoms. The maximum absolute atomic E-state index is 9.07. The smallest absolute Gasteiger partial charge is 0.0534 e. The van der Waals surface area contributed by atoms with Crippen molar-refractivity contribution in [3.8, 4) is 0 Å². The van der Waals surface area contributed by atoms with E-state index in [0.29, 0.717) is 0 Å². The van der Waals surface area contributed by atoms with Crippen LogP contribution in [0.1, 0.15) is 42.4 Å². The summed E-state index contributed by atoms with van der Waals surface area (Å²) in [4.78, 5) is 0. The number of benzene rings is 1. The SMILES string of the molecule is C[C](CO)c1ccc(C)c(C2CC2)c1. The molecule has 0 unspecified atom stereocenters. The van der Waals surface area contributed by atoms with Crippen LogP contribution in [0.3, 0.4) is 0 Å². The summed E-state index contributed by atoms with van der Waals surface area (Å²) < 4.78 is 0. The van der Waals surface area contributed by atoms with E-state index in [-0.39, 0.29) is 6.61 Å². The van der Waals surface area contributed by atoms with Gasteiger partial charge in [-0.2, -0.15) is 0 Å². The summed E-state index contributed by atoms with van der Waals surface area (Å²) in [6, 6.07) is 6.52. The molecule has 1 nitrogen and oxygen atoms in total. The quantitative estimate of drug-likeness (QED) is 0.775. The normalized spacial score (nSPS) is 16.3. The van der Waals surface area contributed by atoms with E-state index in [1.807, 2.05) is 6.92 Å². The van der Waals surface area contributed by atoms with Gasteiger partial charge in [0.25, 0.3) is 0 Å². The first-order valence-electron chi connectivity index (χ1n) is 5.26. The topological polar surface area (TPSA) is 20.2 Å². The van der Waals surface area contributed by atoms with E-state index >= 15 is 0 Å². The lowest BCUT2D eigenvalue weighted by Crippen LogP contribution is -2.01. The van der Waals surface area contributed by atoms with Gasteiger partial charge in [0.1, 0.15) is 0 Å². The Bertz CT molecular complexity index is 326. The van der Waals surface area contributed by atoms with Crippen LogP contribution in [-0.2, 0) is 0 Å².